The molecule has 0 spiro atoms. The lowest BCUT2D eigenvalue weighted by Gasteiger charge is -2.38. The minimum Gasteiger partial charge on any atom is -0.406 e. The molecule has 250 valence electrons. The minimum atomic E-state index is -4.72. The van der Waals surface area contributed by atoms with Crippen LogP contribution in [0.3, 0.4) is 0 Å². The molecule has 3 aromatic carbocycles. The van der Waals surface area contributed by atoms with Crippen molar-refractivity contribution in [1.29, 1.82) is 0 Å². The van der Waals surface area contributed by atoms with Crippen molar-refractivity contribution in [2.75, 3.05) is 0 Å². The summed E-state index contributed by atoms with van der Waals surface area (Å²) in [6.07, 6.45) is 0.396. The molecule has 5 rings (SSSR count). The molecular weight excluding hydrogens is 609 g/mol. The van der Waals surface area contributed by atoms with Crippen LogP contribution in [0.4, 0.5) is 30.7 Å². The van der Waals surface area contributed by atoms with Gasteiger partial charge < -0.3 is 9.47 Å². The van der Waals surface area contributed by atoms with Crippen LogP contribution in [0.2, 0.25) is 0 Å². The molecule has 46 heavy (non-hydrogen) atoms. The highest BCUT2D eigenvalue weighted by Gasteiger charge is 2.43. The molecule has 0 N–H and O–H groups in total. The Hall–Kier alpha value is -3.07. The molecule has 2 saturated carbocycles. The predicted molar refractivity (Wildman–Crippen MR) is 164 cm³/mol. The highest BCUT2D eigenvalue weighted by atomic mass is 19.4. The van der Waals surface area contributed by atoms with Gasteiger partial charge >= 0.3 is 12.5 Å². The van der Waals surface area contributed by atoms with Gasteiger partial charge in [0.15, 0.2) is 0 Å². The van der Waals surface area contributed by atoms with Crippen LogP contribution in [0, 0.1) is 23.5 Å². The molecule has 0 radical (unpaired) electrons. The highest BCUT2D eigenvalue weighted by Crippen LogP contribution is 2.45. The van der Waals surface area contributed by atoms with Gasteiger partial charge in [-0.25, -0.2) is 8.78 Å². The molecule has 2 aliphatic rings. The van der Waals surface area contributed by atoms with Crippen molar-refractivity contribution in [2.45, 2.75) is 108 Å². The number of hydrogen-bond donors (Lipinski definition) is 0. The molecule has 3 aromatic rings. The van der Waals surface area contributed by atoms with Crippen LogP contribution in [0.1, 0.15) is 100 Å². The smallest absolute Gasteiger partial charge is 0.406 e. The van der Waals surface area contributed by atoms with Crippen LogP contribution in [-0.2, 0) is 17.3 Å². The first-order valence-electron chi connectivity index (χ1n) is 16.4. The van der Waals surface area contributed by atoms with Gasteiger partial charge in [-0.15, -0.1) is 13.2 Å². The summed E-state index contributed by atoms with van der Waals surface area (Å²) in [7, 11) is 0. The predicted octanol–water partition coefficient (Wildman–Crippen LogP) is 11.9. The Kier molecular flexibility index (Phi) is 11.0. The summed E-state index contributed by atoms with van der Waals surface area (Å²) in [5.74, 6) is -1.88. The summed E-state index contributed by atoms with van der Waals surface area (Å²) in [4.78, 5) is 0. The fourth-order valence-corrected chi connectivity index (χ4v) is 7.27. The van der Waals surface area contributed by atoms with E-state index in [0.29, 0.717) is 43.1 Å². The molecule has 0 amide bonds. The molecule has 0 heterocycles. The van der Waals surface area contributed by atoms with E-state index in [0.717, 1.165) is 74.6 Å². The maximum absolute atomic E-state index is 15.2. The number of benzene rings is 3. The third-order valence-electron chi connectivity index (χ3n) is 9.75. The van der Waals surface area contributed by atoms with Crippen LogP contribution in [-0.4, -0.2) is 12.5 Å². The average Bonchev–Trinajstić information content (AvgIpc) is 3.01. The fraction of sp³-hybridized carbons (Fsp3) is 0.514. The molecule has 2 fully saturated rings. The van der Waals surface area contributed by atoms with E-state index in [1.165, 1.54) is 12.1 Å². The normalized spacial score (nSPS) is 22.5. The maximum Gasteiger partial charge on any atom is 0.573 e. The molecule has 0 saturated heterocycles. The Morgan fingerprint density at radius 1 is 0.674 bits per heavy atom. The molecule has 0 aliphatic heterocycles. The SMILES string of the molecule is CCCCCc1ccc(-c2cc(F)c(C(F)(F)OC3CCC(C4CCC(c5ccc(OC(F)(F)F)cc5)CC4)CC3)c(F)c2)cc1. The summed E-state index contributed by atoms with van der Waals surface area (Å²) >= 11 is 0. The minimum absolute atomic E-state index is 0.192. The van der Waals surface area contributed by atoms with Gasteiger partial charge in [-0.2, -0.15) is 8.78 Å². The zero-order valence-corrected chi connectivity index (χ0v) is 26.0. The number of rotatable bonds is 11. The molecule has 0 atom stereocenters. The number of halogens is 7. The van der Waals surface area contributed by atoms with Gasteiger partial charge in [0, 0.05) is 0 Å². The van der Waals surface area contributed by atoms with E-state index < -0.39 is 35.8 Å². The Morgan fingerprint density at radius 2 is 1.24 bits per heavy atom. The zero-order chi connectivity index (χ0) is 32.9. The van der Waals surface area contributed by atoms with Crippen molar-refractivity contribution in [1.82, 2.24) is 0 Å². The topological polar surface area (TPSA) is 18.5 Å². The Bertz CT molecular complexity index is 1380. The van der Waals surface area contributed by atoms with E-state index in [9.17, 15) is 13.2 Å². The van der Waals surface area contributed by atoms with Crippen LogP contribution < -0.4 is 4.74 Å². The molecule has 2 aliphatic carbocycles. The zero-order valence-electron chi connectivity index (χ0n) is 26.0. The quantitative estimate of drug-likeness (QED) is 0.152. The van der Waals surface area contributed by atoms with Gasteiger partial charge in [0.1, 0.15) is 22.9 Å². The number of aryl methyl sites for hydroxylation is 1. The van der Waals surface area contributed by atoms with Gasteiger partial charge in [-0.3, -0.25) is 0 Å². The van der Waals surface area contributed by atoms with E-state index in [4.69, 9.17) is 4.74 Å². The van der Waals surface area contributed by atoms with Crippen LogP contribution in [0.5, 0.6) is 5.75 Å². The summed E-state index contributed by atoms with van der Waals surface area (Å²) in [6, 6.07) is 15.2. The summed E-state index contributed by atoms with van der Waals surface area (Å²) in [5, 5.41) is 0. The van der Waals surface area contributed by atoms with Crippen molar-refractivity contribution < 1.29 is 40.2 Å². The van der Waals surface area contributed by atoms with E-state index in [1.54, 1.807) is 24.3 Å². The van der Waals surface area contributed by atoms with Crippen molar-refractivity contribution in [3.8, 4) is 16.9 Å². The first-order valence-corrected chi connectivity index (χ1v) is 16.4. The van der Waals surface area contributed by atoms with Crippen molar-refractivity contribution in [3.63, 3.8) is 0 Å². The van der Waals surface area contributed by atoms with Crippen molar-refractivity contribution in [3.05, 3.63) is 89.0 Å². The van der Waals surface area contributed by atoms with E-state index in [-0.39, 0.29) is 17.2 Å². The van der Waals surface area contributed by atoms with E-state index >= 15 is 17.6 Å². The third-order valence-corrected chi connectivity index (χ3v) is 9.75. The summed E-state index contributed by atoms with van der Waals surface area (Å²) in [5.41, 5.74) is 1.48. The van der Waals surface area contributed by atoms with Gasteiger partial charge in [-0.05, 0) is 128 Å². The van der Waals surface area contributed by atoms with E-state index in [1.807, 2.05) is 12.1 Å². The van der Waals surface area contributed by atoms with E-state index in [2.05, 4.69) is 11.7 Å². The standard InChI is InChI=1S/C37H41F7O2/c1-2-3-4-5-24-6-8-29(9-7-24)30-22-33(38)35(34(39)23-30)36(40,41)45-31-18-14-27(15-19-31)25-10-12-26(13-11-25)28-16-20-32(21-17-28)46-37(42,43)44/h6-9,16-17,20-23,25-27,31H,2-5,10-15,18-19H2,1H3. The maximum atomic E-state index is 15.2. The first kappa shape index (κ1) is 34.3. The lowest BCUT2D eigenvalue weighted by molar-refractivity contribution is -0.281. The second-order valence-electron chi connectivity index (χ2n) is 12.9. The highest BCUT2D eigenvalue weighted by molar-refractivity contribution is 5.64. The average molecular weight is 651 g/mol. The summed E-state index contributed by atoms with van der Waals surface area (Å²) < 4.78 is 107. The van der Waals surface area contributed by atoms with Crippen LogP contribution in [0.25, 0.3) is 11.1 Å². The second kappa shape index (κ2) is 14.8. The molecule has 0 unspecified atom stereocenters. The monoisotopic (exact) mass is 650 g/mol. The van der Waals surface area contributed by atoms with Crippen LogP contribution in [0.15, 0.2) is 60.7 Å². The molecular formula is C37H41F7O2. The van der Waals surface area contributed by atoms with Gasteiger partial charge in [0.2, 0.25) is 0 Å². The van der Waals surface area contributed by atoms with Gasteiger partial charge in [0.25, 0.3) is 0 Å². The van der Waals surface area contributed by atoms with Crippen molar-refractivity contribution >= 4 is 0 Å². The fourth-order valence-electron chi connectivity index (χ4n) is 7.27. The summed E-state index contributed by atoms with van der Waals surface area (Å²) in [6.45, 7) is 2.13. The number of hydrogen-bond acceptors (Lipinski definition) is 2. The number of ether oxygens (including phenoxy) is 2. The first-order chi connectivity index (χ1) is 21.9. The number of alkyl halides is 5. The lowest BCUT2D eigenvalue weighted by Crippen LogP contribution is -2.33. The van der Waals surface area contributed by atoms with Gasteiger partial charge in [-0.1, -0.05) is 56.2 Å². The lowest BCUT2D eigenvalue weighted by atomic mass is 9.69. The number of unbranched alkanes of at least 4 members (excludes halogenated alkanes) is 2. The Balaban J connectivity index is 1.12. The second-order valence-corrected chi connectivity index (χ2v) is 12.9. The molecule has 0 bridgehead atoms. The largest absolute Gasteiger partial charge is 0.573 e. The van der Waals surface area contributed by atoms with Gasteiger partial charge in [0.05, 0.1) is 6.10 Å². The Morgan fingerprint density at radius 3 is 1.78 bits per heavy atom. The Labute approximate surface area is 266 Å². The molecule has 0 aromatic heterocycles. The molecule has 9 heteroatoms. The third kappa shape index (κ3) is 8.84. The van der Waals surface area contributed by atoms with Crippen LogP contribution >= 0.6 is 0 Å². The molecule has 2 nitrogen and oxygen atoms in total. The van der Waals surface area contributed by atoms with Crippen molar-refractivity contribution in [2.24, 2.45) is 11.8 Å².